The van der Waals surface area contributed by atoms with Crippen molar-refractivity contribution in [3.8, 4) is 0 Å². The summed E-state index contributed by atoms with van der Waals surface area (Å²) >= 11 is 11.2. The highest BCUT2D eigenvalue weighted by Gasteiger charge is 2.15. The number of amides is 1. The summed E-state index contributed by atoms with van der Waals surface area (Å²) in [6.45, 7) is 3.50. The molecular formula is C19H22ClN3O3S2. The quantitative estimate of drug-likeness (QED) is 0.575. The monoisotopic (exact) mass is 439 g/mol. The van der Waals surface area contributed by atoms with Crippen molar-refractivity contribution in [2.75, 3.05) is 5.32 Å². The molecule has 0 saturated heterocycles. The number of hydrogen-bond donors (Lipinski definition) is 3. The normalized spacial score (nSPS) is 11.3. The van der Waals surface area contributed by atoms with Crippen LogP contribution >= 0.6 is 23.8 Å². The molecule has 0 saturated carbocycles. The Morgan fingerprint density at radius 3 is 2.36 bits per heavy atom. The van der Waals surface area contributed by atoms with Crippen LogP contribution in [-0.2, 0) is 21.2 Å². The predicted octanol–water partition coefficient (Wildman–Crippen LogP) is 3.47. The van der Waals surface area contributed by atoms with Crippen molar-refractivity contribution in [2.24, 2.45) is 0 Å². The van der Waals surface area contributed by atoms with Crippen LogP contribution in [0.2, 0.25) is 5.02 Å². The fourth-order valence-corrected chi connectivity index (χ4v) is 4.11. The van der Waals surface area contributed by atoms with E-state index in [1.165, 1.54) is 12.1 Å². The van der Waals surface area contributed by atoms with Crippen molar-refractivity contribution in [1.29, 1.82) is 0 Å². The molecule has 9 heteroatoms. The Hall–Kier alpha value is -2.00. The number of benzene rings is 2. The molecule has 0 unspecified atom stereocenters. The van der Waals surface area contributed by atoms with Crippen LogP contribution in [0.3, 0.4) is 0 Å². The molecule has 0 aliphatic carbocycles. The molecule has 0 radical (unpaired) electrons. The van der Waals surface area contributed by atoms with Crippen LogP contribution in [-0.4, -0.2) is 25.5 Å². The van der Waals surface area contributed by atoms with E-state index in [-0.39, 0.29) is 28.4 Å². The van der Waals surface area contributed by atoms with Crippen LogP contribution in [0.4, 0.5) is 5.69 Å². The van der Waals surface area contributed by atoms with Crippen LogP contribution in [0, 0.1) is 0 Å². The number of sulfonamides is 1. The van der Waals surface area contributed by atoms with Crippen molar-refractivity contribution in [3.63, 3.8) is 0 Å². The zero-order valence-electron chi connectivity index (χ0n) is 15.5. The van der Waals surface area contributed by atoms with Crippen LogP contribution in [0.25, 0.3) is 0 Å². The first-order valence-corrected chi connectivity index (χ1v) is 10.9. The Morgan fingerprint density at radius 1 is 1.11 bits per heavy atom. The topological polar surface area (TPSA) is 87.3 Å². The Morgan fingerprint density at radius 2 is 1.75 bits per heavy atom. The van der Waals surface area contributed by atoms with Gasteiger partial charge in [0.25, 0.3) is 0 Å². The Labute approximate surface area is 175 Å². The SMILES string of the molecule is CC(C)NS(=O)(=O)c1ccc(NC(=S)NC(=O)CCc2ccccc2Cl)cc1. The van der Waals surface area contributed by atoms with Gasteiger partial charge in [0.1, 0.15) is 0 Å². The summed E-state index contributed by atoms with van der Waals surface area (Å²) in [5.41, 5.74) is 1.46. The lowest BCUT2D eigenvalue weighted by atomic mass is 10.1. The largest absolute Gasteiger partial charge is 0.332 e. The van der Waals surface area contributed by atoms with Gasteiger partial charge in [-0.1, -0.05) is 29.8 Å². The zero-order valence-corrected chi connectivity index (χ0v) is 17.9. The van der Waals surface area contributed by atoms with E-state index in [4.69, 9.17) is 23.8 Å². The highest BCUT2D eigenvalue weighted by Crippen LogP contribution is 2.17. The average molecular weight is 440 g/mol. The van der Waals surface area contributed by atoms with E-state index >= 15 is 0 Å². The molecule has 0 aliphatic rings. The minimum Gasteiger partial charge on any atom is -0.332 e. The van der Waals surface area contributed by atoms with Gasteiger partial charge in [-0.3, -0.25) is 4.79 Å². The molecule has 2 rings (SSSR count). The van der Waals surface area contributed by atoms with Gasteiger partial charge in [0, 0.05) is 23.2 Å². The van der Waals surface area contributed by atoms with Crippen molar-refractivity contribution < 1.29 is 13.2 Å². The third kappa shape index (κ3) is 6.87. The summed E-state index contributed by atoms with van der Waals surface area (Å²) in [6, 6.07) is 13.2. The third-order valence-corrected chi connectivity index (χ3v) is 5.89. The fraction of sp³-hybridized carbons (Fsp3) is 0.263. The number of carbonyl (C=O) groups is 1. The Kier molecular flexibility index (Phi) is 7.94. The number of hydrogen-bond acceptors (Lipinski definition) is 4. The number of anilines is 1. The van der Waals surface area contributed by atoms with Crippen molar-refractivity contribution in [3.05, 3.63) is 59.1 Å². The van der Waals surface area contributed by atoms with Crippen molar-refractivity contribution >= 4 is 50.5 Å². The molecule has 28 heavy (non-hydrogen) atoms. The second-order valence-electron chi connectivity index (χ2n) is 6.39. The van der Waals surface area contributed by atoms with E-state index in [1.807, 2.05) is 18.2 Å². The third-order valence-electron chi connectivity index (χ3n) is 3.65. The fourth-order valence-electron chi connectivity index (χ4n) is 2.40. The van der Waals surface area contributed by atoms with E-state index in [9.17, 15) is 13.2 Å². The van der Waals surface area contributed by atoms with E-state index < -0.39 is 10.0 Å². The molecule has 0 heterocycles. The highest BCUT2D eigenvalue weighted by atomic mass is 35.5. The molecule has 2 aromatic carbocycles. The second-order valence-corrected chi connectivity index (χ2v) is 8.92. The van der Waals surface area contributed by atoms with Gasteiger partial charge in [0.2, 0.25) is 15.9 Å². The predicted molar refractivity (Wildman–Crippen MR) is 116 cm³/mol. The lowest BCUT2D eigenvalue weighted by molar-refractivity contribution is -0.119. The summed E-state index contributed by atoms with van der Waals surface area (Å²) in [6.07, 6.45) is 0.743. The van der Waals surface area contributed by atoms with E-state index in [1.54, 1.807) is 32.0 Å². The molecule has 0 fully saturated rings. The molecular weight excluding hydrogens is 418 g/mol. The van der Waals surface area contributed by atoms with Gasteiger partial charge in [-0.2, -0.15) is 0 Å². The number of thiocarbonyl (C=S) groups is 1. The van der Waals surface area contributed by atoms with Gasteiger partial charge in [0.05, 0.1) is 4.90 Å². The maximum absolute atomic E-state index is 12.1. The first-order chi connectivity index (χ1) is 13.2. The minimum absolute atomic E-state index is 0.139. The number of halogens is 1. The van der Waals surface area contributed by atoms with E-state index in [0.717, 1.165) is 5.56 Å². The molecule has 0 bridgehead atoms. The summed E-state index contributed by atoms with van der Waals surface area (Å²) in [5.74, 6) is -0.238. The summed E-state index contributed by atoms with van der Waals surface area (Å²) < 4.78 is 26.7. The summed E-state index contributed by atoms with van der Waals surface area (Å²) in [5, 5.41) is 6.22. The molecule has 0 atom stereocenters. The number of aryl methyl sites for hydroxylation is 1. The Bertz CT molecular complexity index is 945. The van der Waals surface area contributed by atoms with Crippen LogP contribution < -0.4 is 15.4 Å². The van der Waals surface area contributed by atoms with Gasteiger partial charge in [0.15, 0.2) is 5.11 Å². The van der Waals surface area contributed by atoms with Gasteiger partial charge in [-0.05, 0) is 68.4 Å². The van der Waals surface area contributed by atoms with Crippen LogP contribution in [0.5, 0.6) is 0 Å². The smallest absolute Gasteiger partial charge is 0.240 e. The van der Waals surface area contributed by atoms with Gasteiger partial charge in [-0.25, -0.2) is 13.1 Å². The average Bonchev–Trinajstić information content (AvgIpc) is 2.60. The van der Waals surface area contributed by atoms with Gasteiger partial charge >= 0.3 is 0 Å². The zero-order chi connectivity index (χ0) is 20.7. The van der Waals surface area contributed by atoms with Crippen molar-refractivity contribution in [1.82, 2.24) is 10.0 Å². The molecule has 1 amide bonds. The standard InChI is InChI=1S/C19H22ClN3O3S2/c1-13(2)23-28(25,26)16-10-8-15(9-11-16)21-19(27)22-18(24)12-7-14-5-3-4-6-17(14)20/h3-6,8-11,13,23H,7,12H2,1-2H3,(H2,21,22,24,27). The molecule has 0 aromatic heterocycles. The minimum atomic E-state index is -3.55. The maximum Gasteiger partial charge on any atom is 0.240 e. The second kappa shape index (κ2) is 9.97. The Balaban J connectivity index is 1.87. The van der Waals surface area contributed by atoms with Crippen LogP contribution in [0.1, 0.15) is 25.8 Å². The molecule has 150 valence electrons. The lowest BCUT2D eigenvalue weighted by Crippen LogP contribution is -2.34. The molecule has 0 aliphatic heterocycles. The number of nitrogens with one attached hydrogen (secondary N) is 3. The lowest BCUT2D eigenvalue weighted by Gasteiger charge is -2.12. The number of carbonyl (C=O) groups excluding carboxylic acids is 1. The molecule has 2 aromatic rings. The number of rotatable bonds is 7. The van der Waals surface area contributed by atoms with Crippen LogP contribution in [0.15, 0.2) is 53.4 Å². The van der Waals surface area contributed by atoms with E-state index in [0.29, 0.717) is 17.1 Å². The maximum atomic E-state index is 12.1. The van der Waals surface area contributed by atoms with Gasteiger partial charge in [-0.15, -0.1) is 0 Å². The van der Waals surface area contributed by atoms with E-state index in [2.05, 4.69) is 15.4 Å². The summed E-state index contributed by atoms with van der Waals surface area (Å²) in [4.78, 5) is 12.2. The van der Waals surface area contributed by atoms with Gasteiger partial charge < -0.3 is 10.6 Å². The molecule has 3 N–H and O–H groups in total. The first kappa shape index (κ1) is 22.3. The first-order valence-electron chi connectivity index (χ1n) is 8.64. The van der Waals surface area contributed by atoms with Crippen molar-refractivity contribution in [2.45, 2.75) is 37.6 Å². The summed E-state index contributed by atoms with van der Waals surface area (Å²) in [7, 11) is -3.55. The molecule has 0 spiro atoms. The molecule has 6 nitrogen and oxygen atoms in total. The highest BCUT2D eigenvalue weighted by molar-refractivity contribution is 7.89.